The Balaban J connectivity index is 1.86. The number of nitrogens with zero attached hydrogens (tertiary/aromatic N) is 2. The average Bonchev–Trinajstić information content (AvgIpc) is 2.75. The second-order valence-electron chi connectivity index (χ2n) is 5.55. The van der Waals surface area contributed by atoms with E-state index < -0.39 is 0 Å². The highest BCUT2D eigenvalue weighted by Gasteiger charge is 2.24. The van der Waals surface area contributed by atoms with Gasteiger partial charge in [0.15, 0.2) is 0 Å². The molecule has 1 saturated carbocycles. The highest BCUT2D eigenvalue weighted by molar-refractivity contribution is 4.98. The summed E-state index contributed by atoms with van der Waals surface area (Å²) < 4.78 is 2.21. The Labute approximate surface area is 105 Å². The molecule has 0 aromatic carbocycles. The summed E-state index contributed by atoms with van der Waals surface area (Å²) in [6.45, 7) is 8.88. The number of rotatable bonds is 4. The maximum absolute atomic E-state index is 4.21. The molecule has 2 rings (SSSR count). The summed E-state index contributed by atoms with van der Waals surface area (Å²) in [4.78, 5) is 4.21. The van der Waals surface area contributed by atoms with Crippen molar-refractivity contribution >= 4 is 0 Å². The third-order valence-corrected chi connectivity index (χ3v) is 4.12. The van der Waals surface area contributed by atoms with Gasteiger partial charge in [0.2, 0.25) is 0 Å². The van der Waals surface area contributed by atoms with Crippen LogP contribution in [0.3, 0.4) is 0 Å². The Morgan fingerprint density at radius 2 is 2.24 bits per heavy atom. The van der Waals surface area contributed by atoms with Gasteiger partial charge in [-0.25, -0.2) is 4.98 Å². The highest BCUT2D eigenvalue weighted by atomic mass is 15.1. The Kier molecular flexibility index (Phi) is 4.21. The molecule has 3 unspecified atom stereocenters. The standard InChI is InChI=1S/C14H25N3/c1-4-17-10-15-8-13(17)9-16-14-6-5-11(2)7-12(14)3/h8,10-12,14,16H,4-7,9H2,1-3H3. The lowest BCUT2D eigenvalue weighted by molar-refractivity contribution is 0.226. The molecule has 3 atom stereocenters. The molecule has 0 saturated heterocycles. The van der Waals surface area contributed by atoms with Gasteiger partial charge in [0.1, 0.15) is 0 Å². The molecule has 0 bridgehead atoms. The summed E-state index contributed by atoms with van der Waals surface area (Å²) in [5.41, 5.74) is 1.30. The fraction of sp³-hybridized carbons (Fsp3) is 0.786. The molecule has 17 heavy (non-hydrogen) atoms. The van der Waals surface area contributed by atoms with Crippen LogP contribution in [0.5, 0.6) is 0 Å². The van der Waals surface area contributed by atoms with Gasteiger partial charge >= 0.3 is 0 Å². The molecule has 0 amide bonds. The molecular formula is C14H25N3. The third-order valence-electron chi connectivity index (χ3n) is 4.12. The van der Waals surface area contributed by atoms with Crippen LogP contribution in [0.2, 0.25) is 0 Å². The zero-order valence-corrected chi connectivity index (χ0v) is 11.3. The molecule has 1 aliphatic rings. The maximum Gasteiger partial charge on any atom is 0.0948 e. The monoisotopic (exact) mass is 235 g/mol. The van der Waals surface area contributed by atoms with E-state index in [0.717, 1.165) is 24.9 Å². The van der Waals surface area contributed by atoms with Gasteiger partial charge < -0.3 is 9.88 Å². The lowest BCUT2D eigenvalue weighted by Crippen LogP contribution is -2.38. The van der Waals surface area contributed by atoms with Crippen LogP contribution in [0.25, 0.3) is 0 Å². The number of nitrogens with one attached hydrogen (secondary N) is 1. The van der Waals surface area contributed by atoms with Crippen molar-refractivity contribution in [3.8, 4) is 0 Å². The zero-order chi connectivity index (χ0) is 12.3. The van der Waals surface area contributed by atoms with Crippen LogP contribution in [-0.4, -0.2) is 15.6 Å². The molecule has 3 nitrogen and oxygen atoms in total. The molecule has 96 valence electrons. The van der Waals surface area contributed by atoms with Gasteiger partial charge in [-0.3, -0.25) is 0 Å². The van der Waals surface area contributed by atoms with Crippen LogP contribution in [0.4, 0.5) is 0 Å². The first-order valence-corrected chi connectivity index (χ1v) is 6.93. The molecule has 1 N–H and O–H groups in total. The molecule has 1 aromatic rings. The van der Waals surface area contributed by atoms with Crippen LogP contribution in [-0.2, 0) is 13.1 Å². The summed E-state index contributed by atoms with van der Waals surface area (Å²) in [5.74, 6) is 1.71. The van der Waals surface area contributed by atoms with Crippen LogP contribution >= 0.6 is 0 Å². The molecule has 0 radical (unpaired) electrons. The molecule has 3 heteroatoms. The molecule has 1 aliphatic carbocycles. The predicted molar refractivity (Wildman–Crippen MR) is 70.7 cm³/mol. The fourth-order valence-corrected chi connectivity index (χ4v) is 2.98. The Bertz CT molecular complexity index is 345. The first kappa shape index (κ1) is 12.6. The van der Waals surface area contributed by atoms with E-state index in [1.807, 2.05) is 12.5 Å². The quantitative estimate of drug-likeness (QED) is 0.869. The first-order valence-electron chi connectivity index (χ1n) is 6.93. The second kappa shape index (κ2) is 5.67. The van der Waals surface area contributed by atoms with Gasteiger partial charge in [-0.1, -0.05) is 13.8 Å². The molecule has 1 aromatic heterocycles. The van der Waals surface area contributed by atoms with E-state index in [9.17, 15) is 0 Å². The van der Waals surface area contributed by atoms with E-state index >= 15 is 0 Å². The van der Waals surface area contributed by atoms with Crippen molar-refractivity contribution in [2.24, 2.45) is 11.8 Å². The van der Waals surface area contributed by atoms with E-state index in [4.69, 9.17) is 0 Å². The number of aromatic nitrogens is 2. The minimum absolute atomic E-state index is 0.686. The molecule has 0 aliphatic heterocycles. The molecular weight excluding hydrogens is 210 g/mol. The van der Waals surface area contributed by atoms with Crippen molar-refractivity contribution in [3.05, 3.63) is 18.2 Å². The molecule has 1 fully saturated rings. The highest BCUT2D eigenvalue weighted by Crippen LogP contribution is 2.28. The number of aryl methyl sites for hydroxylation is 1. The van der Waals surface area contributed by atoms with Crippen molar-refractivity contribution in [2.45, 2.75) is 59.2 Å². The molecule has 0 spiro atoms. The number of hydrogen-bond acceptors (Lipinski definition) is 2. The smallest absolute Gasteiger partial charge is 0.0948 e. The van der Waals surface area contributed by atoms with E-state index in [-0.39, 0.29) is 0 Å². The van der Waals surface area contributed by atoms with E-state index in [1.54, 1.807) is 0 Å². The number of imidazole rings is 1. The SMILES string of the molecule is CCn1cncc1CNC1CCC(C)CC1C. The van der Waals surface area contributed by atoms with Gasteiger partial charge in [0.05, 0.1) is 12.0 Å². The van der Waals surface area contributed by atoms with Gasteiger partial charge in [-0.2, -0.15) is 0 Å². The van der Waals surface area contributed by atoms with Crippen molar-refractivity contribution < 1.29 is 0 Å². The average molecular weight is 235 g/mol. The van der Waals surface area contributed by atoms with Crippen LogP contribution in [0.1, 0.15) is 45.7 Å². The maximum atomic E-state index is 4.21. The van der Waals surface area contributed by atoms with E-state index in [0.29, 0.717) is 6.04 Å². The van der Waals surface area contributed by atoms with Gasteiger partial charge in [-0.15, -0.1) is 0 Å². The summed E-state index contributed by atoms with van der Waals surface area (Å²) in [7, 11) is 0. The minimum atomic E-state index is 0.686. The second-order valence-corrected chi connectivity index (χ2v) is 5.55. The Morgan fingerprint density at radius 1 is 1.41 bits per heavy atom. The van der Waals surface area contributed by atoms with Gasteiger partial charge in [0.25, 0.3) is 0 Å². The third kappa shape index (κ3) is 3.09. The van der Waals surface area contributed by atoms with Crippen LogP contribution < -0.4 is 5.32 Å². The largest absolute Gasteiger partial charge is 0.334 e. The van der Waals surface area contributed by atoms with Crippen molar-refractivity contribution in [1.82, 2.24) is 14.9 Å². The van der Waals surface area contributed by atoms with Crippen molar-refractivity contribution in [2.75, 3.05) is 0 Å². The minimum Gasteiger partial charge on any atom is -0.334 e. The van der Waals surface area contributed by atoms with Crippen LogP contribution in [0, 0.1) is 11.8 Å². The zero-order valence-electron chi connectivity index (χ0n) is 11.3. The molecule has 1 heterocycles. The fourth-order valence-electron chi connectivity index (χ4n) is 2.98. The summed E-state index contributed by atoms with van der Waals surface area (Å²) in [6.07, 6.45) is 7.96. The van der Waals surface area contributed by atoms with Gasteiger partial charge in [0, 0.05) is 25.3 Å². The Hall–Kier alpha value is -0.830. The van der Waals surface area contributed by atoms with Gasteiger partial charge in [-0.05, 0) is 38.0 Å². The predicted octanol–water partition coefficient (Wildman–Crippen LogP) is 2.82. The number of hydrogen-bond donors (Lipinski definition) is 1. The lowest BCUT2D eigenvalue weighted by atomic mass is 9.80. The van der Waals surface area contributed by atoms with Crippen LogP contribution in [0.15, 0.2) is 12.5 Å². The lowest BCUT2D eigenvalue weighted by Gasteiger charge is -2.33. The van der Waals surface area contributed by atoms with E-state index in [1.165, 1.54) is 25.0 Å². The Morgan fingerprint density at radius 3 is 2.94 bits per heavy atom. The van der Waals surface area contributed by atoms with Crippen molar-refractivity contribution in [1.29, 1.82) is 0 Å². The normalized spacial score (nSPS) is 29.5. The summed E-state index contributed by atoms with van der Waals surface area (Å²) in [5, 5.41) is 3.71. The first-order chi connectivity index (χ1) is 8.20. The summed E-state index contributed by atoms with van der Waals surface area (Å²) in [6, 6.07) is 0.686. The van der Waals surface area contributed by atoms with Crippen molar-refractivity contribution in [3.63, 3.8) is 0 Å². The summed E-state index contributed by atoms with van der Waals surface area (Å²) >= 11 is 0. The topological polar surface area (TPSA) is 29.9 Å². The van der Waals surface area contributed by atoms with E-state index in [2.05, 4.69) is 35.6 Å².